The molecule has 1 heterocycles. The smallest absolute Gasteiger partial charge is 0.387 e. The third kappa shape index (κ3) is 5.99. The minimum absolute atomic E-state index is 0.225. The van der Waals surface area contributed by atoms with Gasteiger partial charge in [0.05, 0.1) is 0 Å². The van der Waals surface area contributed by atoms with Crippen LogP contribution in [-0.4, -0.2) is 62.2 Å². The second-order valence-electron chi connectivity index (χ2n) is 5.95. The molecule has 4 nitrogen and oxygen atoms in total. The molecule has 0 aliphatic carbocycles. The van der Waals surface area contributed by atoms with E-state index < -0.39 is 6.61 Å². The Labute approximate surface area is 144 Å². The molecule has 1 aliphatic heterocycles. The molecule has 1 aromatic carbocycles. The van der Waals surface area contributed by atoms with E-state index in [2.05, 4.69) is 49.8 Å². The fourth-order valence-corrected chi connectivity index (χ4v) is 3.11. The van der Waals surface area contributed by atoms with E-state index in [1.54, 1.807) is 12.1 Å². The second-order valence-corrected chi connectivity index (χ2v) is 6.87. The summed E-state index contributed by atoms with van der Waals surface area (Å²) >= 11 is 3.37. The lowest BCUT2D eigenvalue weighted by Crippen LogP contribution is -2.50. The van der Waals surface area contributed by atoms with Gasteiger partial charge in [0.15, 0.2) is 0 Å². The van der Waals surface area contributed by atoms with Gasteiger partial charge in [-0.3, -0.25) is 4.90 Å². The molecule has 1 aromatic rings. The van der Waals surface area contributed by atoms with Crippen LogP contribution < -0.4 is 10.1 Å². The minimum atomic E-state index is -2.81. The third-order valence-electron chi connectivity index (χ3n) is 4.16. The minimum Gasteiger partial charge on any atom is -0.434 e. The van der Waals surface area contributed by atoms with Crippen LogP contribution in [0.3, 0.4) is 0 Å². The SMILES string of the molecule is CC(CNCc1cc(Br)ccc1OC(F)F)N1CCN(C)CC1. The van der Waals surface area contributed by atoms with E-state index >= 15 is 0 Å². The summed E-state index contributed by atoms with van der Waals surface area (Å²) in [4.78, 5) is 4.77. The Balaban J connectivity index is 1.84. The molecule has 1 saturated heterocycles. The van der Waals surface area contributed by atoms with Gasteiger partial charge < -0.3 is 15.0 Å². The quantitative estimate of drug-likeness (QED) is 0.773. The number of alkyl halides is 2. The topological polar surface area (TPSA) is 27.7 Å². The number of piperazine rings is 1. The number of rotatable bonds is 7. The van der Waals surface area contributed by atoms with Gasteiger partial charge in [-0.2, -0.15) is 8.78 Å². The van der Waals surface area contributed by atoms with Crippen LogP contribution in [0.4, 0.5) is 8.78 Å². The summed E-state index contributed by atoms with van der Waals surface area (Å²) in [5.41, 5.74) is 0.727. The molecule has 0 bridgehead atoms. The van der Waals surface area contributed by atoms with Crippen LogP contribution in [-0.2, 0) is 6.54 Å². The average molecular weight is 392 g/mol. The maximum atomic E-state index is 12.5. The van der Waals surface area contributed by atoms with E-state index in [1.165, 1.54) is 0 Å². The molecule has 2 rings (SSSR count). The second kappa shape index (κ2) is 8.92. The molecule has 0 spiro atoms. The fraction of sp³-hybridized carbons (Fsp3) is 0.625. The Bertz CT molecular complexity index is 496. The van der Waals surface area contributed by atoms with Gasteiger partial charge in [0, 0.05) is 55.3 Å². The summed E-state index contributed by atoms with van der Waals surface area (Å²) < 4.78 is 30.3. The van der Waals surface area contributed by atoms with Gasteiger partial charge in [0.25, 0.3) is 0 Å². The lowest BCUT2D eigenvalue weighted by molar-refractivity contribution is -0.0505. The van der Waals surface area contributed by atoms with Gasteiger partial charge in [-0.25, -0.2) is 0 Å². The van der Waals surface area contributed by atoms with Gasteiger partial charge >= 0.3 is 6.61 Å². The van der Waals surface area contributed by atoms with Crippen LogP contribution in [0, 0.1) is 0 Å². The molecule has 1 N–H and O–H groups in total. The van der Waals surface area contributed by atoms with Gasteiger partial charge in [-0.15, -0.1) is 0 Å². The molecule has 1 atom stereocenters. The highest BCUT2D eigenvalue weighted by atomic mass is 79.9. The number of nitrogens with zero attached hydrogens (tertiary/aromatic N) is 2. The molecule has 23 heavy (non-hydrogen) atoms. The summed E-state index contributed by atoms with van der Waals surface area (Å²) in [5, 5.41) is 3.35. The number of likely N-dealkylation sites (N-methyl/N-ethyl adjacent to an activating group) is 1. The van der Waals surface area contributed by atoms with Crippen molar-refractivity contribution in [2.24, 2.45) is 0 Å². The van der Waals surface area contributed by atoms with Gasteiger partial charge in [0.1, 0.15) is 5.75 Å². The Morgan fingerprint density at radius 1 is 1.26 bits per heavy atom. The first-order valence-corrected chi connectivity index (χ1v) is 8.61. The summed E-state index contributed by atoms with van der Waals surface area (Å²) in [6, 6.07) is 5.49. The lowest BCUT2D eigenvalue weighted by Gasteiger charge is -2.36. The van der Waals surface area contributed by atoms with E-state index in [0.717, 1.165) is 42.8 Å². The number of hydrogen-bond acceptors (Lipinski definition) is 4. The molecule has 0 radical (unpaired) electrons. The lowest BCUT2D eigenvalue weighted by atomic mass is 10.2. The zero-order valence-corrected chi connectivity index (χ0v) is 15.2. The monoisotopic (exact) mass is 391 g/mol. The van der Waals surface area contributed by atoms with Crippen LogP contribution in [0.15, 0.2) is 22.7 Å². The van der Waals surface area contributed by atoms with Gasteiger partial charge in [-0.1, -0.05) is 15.9 Å². The van der Waals surface area contributed by atoms with E-state index in [-0.39, 0.29) is 5.75 Å². The molecule has 1 unspecified atom stereocenters. The summed E-state index contributed by atoms with van der Waals surface area (Å²) in [6.07, 6.45) is 0. The van der Waals surface area contributed by atoms with E-state index in [4.69, 9.17) is 0 Å². The molecule has 1 aliphatic rings. The zero-order chi connectivity index (χ0) is 16.8. The van der Waals surface area contributed by atoms with E-state index in [0.29, 0.717) is 12.6 Å². The molecule has 7 heteroatoms. The molecular weight excluding hydrogens is 368 g/mol. The van der Waals surface area contributed by atoms with E-state index in [9.17, 15) is 8.78 Å². The Morgan fingerprint density at radius 3 is 2.61 bits per heavy atom. The Morgan fingerprint density at radius 2 is 1.96 bits per heavy atom. The maximum Gasteiger partial charge on any atom is 0.387 e. The number of nitrogens with one attached hydrogen (secondary N) is 1. The highest BCUT2D eigenvalue weighted by Gasteiger charge is 2.19. The van der Waals surface area contributed by atoms with Crippen molar-refractivity contribution in [1.82, 2.24) is 15.1 Å². The van der Waals surface area contributed by atoms with Crippen LogP contribution in [0.5, 0.6) is 5.75 Å². The van der Waals surface area contributed by atoms with Gasteiger partial charge in [0.2, 0.25) is 0 Å². The van der Waals surface area contributed by atoms with E-state index in [1.807, 2.05) is 6.07 Å². The number of ether oxygens (including phenoxy) is 1. The van der Waals surface area contributed by atoms with Crippen LogP contribution >= 0.6 is 15.9 Å². The Kier molecular flexibility index (Phi) is 7.20. The third-order valence-corrected chi connectivity index (χ3v) is 4.65. The van der Waals surface area contributed by atoms with Crippen LogP contribution in [0.2, 0.25) is 0 Å². The van der Waals surface area contributed by atoms with Crippen molar-refractivity contribution in [1.29, 1.82) is 0 Å². The molecule has 0 amide bonds. The predicted molar refractivity (Wildman–Crippen MR) is 91.0 cm³/mol. The standard InChI is InChI=1S/C16H24BrF2N3O/c1-12(22-7-5-21(2)6-8-22)10-20-11-13-9-14(17)3-4-15(13)23-16(18)19/h3-4,9,12,16,20H,5-8,10-11H2,1-2H3. The van der Waals surface area contributed by atoms with Crippen LogP contribution in [0.25, 0.3) is 0 Å². The molecule has 0 saturated carbocycles. The molecule has 130 valence electrons. The summed E-state index contributed by atoms with van der Waals surface area (Å²) in [6.45, 7) is 5.00. The largest absolute Gasteiger partial charge is 0.434 e. The van der Waals surface area contributed by atoms with Crippen molar-refractivity contribution in [2.45, 2.75) is 26.1 Å². The average Bonchev–Trinajstić information content (AvgIpc) is 2.50. The van der Waals surface area contributed by atoms with Crippen molar-refractivity contribution in [3.05, 3.63) is 28.2 Å². The summed E-state index contributed by atoms with van der Waals surface area (Å²) in [7, 11) is 2.14. The zero-order valence-electron chi connectivity index (χ0n) is 13.6. The number of hydrogen-bond donors (Lipinski definition) is 1. The van der Waals surface area contributed by atoms with Crippen molar-refractivity contribution < 1.29 is 13.5 Å². The normalized spacial score (nSPS) is 18.3. The van der Waals surface area contributed by atoms with Crippen molar-refractivity contribution in [3.8, 4) is 5.75 Å². The number of halogens is 3. The molecule has 1 fully saturated rings. The first kappa shape index (κ1) is 18.6. The van der Waals surface area contributed by atoms with Crippen LogP contribution in [0.1, 0.15) is 12.5 Å². The maximum absolute atomic E-state index is 12.5. The highest BCUT2D eigenvalue weighted by Crippen LogP contribution is 2.24. The predicted octanol–water partition coefficient (Wildman–Crippen LogP) is 2.78. The highest BCUT2D eigenvalue weighted by molar-refractivity contribution is 9.10. The van der Waals surface area contributed by atoms with Crippen molar-refractivity contribution in [3.63, 3.8) is 0 Å². The van der Waals surface area contributed by atoms with Crippen molar-refractivity contribution >= 4 is 15.9 Å². The number of benzene rings is 1. The van der Waals surface area contributed by atoms with Crippen molar-refractivity contribution in [2.75, 3.05) is 39.8 Å². The molecule has 0 aromatic heterocycles. The van der Waals surface area contributed by atoms with Gasteiger partial charge in [-0.05, 0) is 32.2 Å². The Hall–Kier alpha value is -0.760. The fourth-order valence-electron chi connectivity index (χ4n) is 2.70. The first-order valence-electron chi connectivity index (χ1n) is 7.82. The first-order chi connectivity index (χ1) is 11.0. The summed E-state index contributed by atoms with van der Waals surface area (Å²) in [5.74, 6) is 0.225. The molecular formula is C16H24BrF2N3O.